The highest BCUT2D eigenvalue weighted by Gasteiger charge is 2.07. The maximum Gasteiger partial charge on any atom is 0.314 e. The maximum atomic E-state index is 12.0. The van der Waals surface area contributed by atoms with Gasteiger partial charge >= 0.3 is 11.1 Å². The van der Waals surface area contributed by atoms with Crippen molar-refractivity contribution in [1.82, 2.24) is 20.6 Å². The van der Waals surface area contributed by atoms with E-state index in [9.17, 15) is 14.4 Å². The third-order valence-electron chi connectivity index (χ3n) is 3.00. The van der Waals surface area contributed by atoms with Crippen LogP contribution in [0.15, 0.2) is 27.8 Å². The van der Waals surface area contributed by atoms with Gasteiger partial charge in [-0.3, -0.25) is 14.4 Å². The lowest BCUT2D eigenvalue weighted by Crippen LogP contribution is -2.32. The van der Waals surface area contributed by atoms with Crippen LogP contribution in [0.2, 0.25) is 0 Å². The molecule has 0 aliphatic carbocycles. The van der Waals surface area contributed by atoms with Crippen LogP contribution in [0.1, 0.15) is 23.7 Å². The van der Waals surface area contributed by atoms with E-state index in [0.29, 0.717) is 29.7 Å². The monoisotopic (exact) mass is 326 g/mol. The van der Waals surface area contributed by atoms with E-state index in [4.69, 9.17) is 0 Å². The van der Waals surface area contributed by atoms with Gasteiger partial charge in [0, 0.05) is 18.7 Å². The number of fused-ring (bicyclic) bond motifs is 1. The Morgan fingerprint density at radius 3 is 2.41 bits per heavy atom. The minimum absolute atomic E-state index is 0. The van der Waals surface area contributed by atoms with E-state index in [-0.39, 0.29) is 18.3 Å². The van der Waals surface area contributed by atoms with Gasteiger partial charge in [0.25, 0.3) is 5.91 Å². The highest BCUT2D eigenvalue weighted by molar-refractivity contribution is 5.97. The van der Waals surface area contributed by atoms with E-state index in [0.717, 1.165) is 13.0 Å². The fourth-order valence-corrected chi connectivity index (χ4v) is 1.92. The molecule has 0 spiro atoms. The number of aromatic amines is 2. The number of carbonyl (C=O) groups is 1. The molecule has 0 saturated carbocycles. The first-order chi connectivity index (χ1) is 10.1. The first kappa shape index (κ1) is 17.9. The number of benzene rings is 1. The second kappa shape index (κ2) is 8.35. The Bertz CT molecular complexity index is 754. The fraction of sp³-hybridized carbons (Fsp3) is 0.357. The average molecular weight is 327 g/mol. The van der Waals surface area contributed by atoms with E-state index in [1.54, 1.807) is 18.2 Å². The van der Waals surface area contributed by atoms with Crippen LogP contribution in [0.3, 0.4) is 0 Å². The summed E-state index contributed by atoms with van der Waals surface area (Å²) >= 11 is 0. The summed E-state index contributed by atoms with van der Waals surface area (Å²) in [6, 6.07) is 4.74. The fourth-order valence-electron chi connectivity index (χ4n) is 1.92. The number of halogens is 1. The lowest BCUT2D eigenvalue weighted by atomic mass is 10.2. The number of hydrogen-bond acceptors (Lipinski definition) is 4. The molecule has 0 atom stereocenters. The van der Waals surface area contributed by atoms with Gasteiger partial charge in [0.15, 0.2) is 0 Å². The van der Waals surface area contributed by atoms with E-state index < -0.39 is 11.1 Å². The van der Waals surface area contributed by atoms with Crippen molar-refractivity contribution in [3.8, 4) is 0 Å². The molecular weight excluding hydrogens is 308 g/mol. The van der Waals surface area contributed by atoms with Crippen molar-refractivity contribution in [3.05, 3.63) is 44.5 Å². The second-order valence-electron chi connectivity index (χ2n) is 4.67. The zero-order chi connectivity index (χ0) is 15.2. The zero-order valence-corrected chi connectivity index (χ0v) is 13.0. The van der Waals surface area contributed by atoms with Gasteiger partial charge in [0.2, 0.25) is 0 Å². The van der Waals surface area contributed by atoms with Crippen molar-refractivity contribution in [2.45, 2.75) is 13.3 Å². The maximum absolute atomic E-state index is 12.0. The standard InChI is InChI=1S/C14H18N4O3.ClH/c1-2-5-15-6-7-16-12(19)9-3-4-10-11(8-9)18-14(21)13(20)17-10;/h3-4,8,15H,2,5-7H2,1H3,(H,16,19)(H,17,20)(H,18,21);1H. The summed E-state index contributed by atoms with van der Waals surface area (Å²) in [4.78, 5) is 39.3. The molecule has 1 aromatic carbocycles. The largest absolute Gasteiger partial charge is 0.351 e. The number of hydrogen-bond donors (Lipinski definition) is 4. The number of carbonyl (C=O) groups excluding carboxylic acids is 1. The topological polar surface area (TPSA) is 107 Å². The Hall–Kier alpha value is -2.12. The van der Waals surface area contributed by atoms with Gasteiger partial charge < -0.3 is 20.6 Å². The van der Waals surface area contributed by atoms with Crippen LogP contribution in [-0.2, 0) is 0 Å². The second-order valence-corrected chi connectivity index (χ2v) is 4.67. The molecule has 1 aromatic heterocycles. The predicted molar refractivity (Wildman–Crippen MR) is 87.9 cm³/mol. The molecule has 8 heteroatoms. The summed E-state index contributed by atoms with van der Waals surface area (Å²) in [5.74, 6) is -0.220. The smallest absolute Gasteiger partial charge is 0.314 e. The molecule has 120 valence electrons. The van der Waals surface area contributed by atoms with Gasteiger partial charge in [-0.1, -0.05) is 6.92 Å². The third-order valence-corrected chi connectivity index (χ3v) is 3.00. The van der Waals surface area contributed by atoms with E-state index >= 15 is 0 Å². The molecule has 0 radical (unpaired) electrons. The molecule has 1 amide bonds. The summed E-state index contributed by atoms with van der Waals surface area (Å²) in [7, 11) is 0. The lowest BCUT2D eigenvalue weighted by molar-refractivity contribution is 0.0954. The molecule has 0 bridgehead atoms. The molecule has 22 heavy (non-hydrogen) atoms. The van der Waals surface area contributed by atoms with Crippen molar-refractivity contribution in [2.75, 3.05) is 19.6 Å². The van der Waals surface area contributed by atoms with Crippen molar-refractivity contribution >= 4 is 29.3 Å². The van der Waals surface area contributed by atoms with Crippen LogP contribution >= 0.6 is 12.4 Å². The van der Waals surface area contributed by atoms with Crippen molar-refractivity contribution < 1.29 is 4.79 Å². The number of nitrogens with one attached hydrogen (secondary N) is 4. The minimum atomic E-state index is -0.733. The molecule has 0 fully saturated rings. The van der Waals surface area contributed by atoms with Gasteiger partial charge in [-0.2, -0.15) is 0 Å². The Kier molecular flexibility index (Phi) is 6.81. The molecule has 2 aromatic rings. The van der Waals surface area contributed by atoms with Gasteiger partial charge in [-0.15, -0.1) is 12.4 Å². The Labute approximate surface area is 132 Å². The van der Waals surface area contributed by atoms with Crippen LogP contribution in [0.5, 0.6) is 0 Å². The zero-order valence-electron chi connectivity index (χ0n) is 12.2. The molecule has 1 heterocycles. The SMILES string of the molecule is CCCNCCNC(=O)c1ccc2[nH]c(=O)c(=O)[nH]c2c1.Cl. The highest BCUT2D eigenvalue weighted by atomic mass is 35.5. The molecular formula is C14H19ClN4O3. The minimum Gasteiger partial charge on any atom is -0.351 e. The van der Waals surface area contributed by atoms with Crippen LogP contribution in [0.4, 0.5) is 0 Å². The average Bonchev–Trinajstić information content (AvgIpc) is 2.47. The number of H-pyrrole nitrogens is 2. The molecule has 0 unspecified atom stereocenters. The Balaban J connectivity index is 0.00000242. The molecule has 4 N–H and O–H groups in total. The number of amides is 1. The van der Waals surface area contributed by atoms with E-state index in [1.807, 2.05) is 0 Å². The Morgan fingerprint density at radius 1 is 1.05 bits per heavy atom. The molecule has 0 aliphatic rings. The predicted octanol–water partition coefficient (Wildman–Crippen LogP) is 0.368. The number of rotatable bonds is 6. The molecule has 7 nitrogen and oxygen atoms in total. The van der Waals surface area contributed by atoms with Crippen molar-refractivity contribution in [1.29, 1.82) is 0 Å². The van der Waals surface area contributed by atoms with Gasteiger partial charge in [0.05, 0.1) is 11.0 Å². The van der Waals surface area contributed by atoms with Gasteiger partial charge in [0.1, 0.15) is 0 Å². The van der Waals surface area contributed by atoms with Gasteiger partial charge in [-0.25, -0.2) is 0 Å². The van der Waals surface area contributed by atoms with E-state index in [2.05, 4.69) is 27.5 Å². The van der Waals surface area contributed by atoms with Crippen molar-refractivity contribution in [3.63, 3.8) is 0 Å². The summed E-state index contributed by atoms with van der Waals surface area (Å²) < 4.78 is 0. The third kappa shape index (κ3) is 4.44. The summed E-state index contributed by atoms with van der Waals surface area (Å²) in [6.45, 7) is 4.22. The summed E-state index contributed by atoms with van der Waals surface area (Å²) in [5, 5.41) is 5.97. The van der Waals surface area contributed by atoms with Crippen LogP contribution in [0, 0.1) is 0 Å². The van der Waals surface area contributed by atoms with Crippen LogP contribution < -0.4 is 21.8 Å². The number of aromatic nitrogens is 2. The Morgan fingerprint density at radius 2 is 1.73 bits per heavy atom. The van der Waals surface area contributed by atoms with E-state index in [1.165, 1.54) is 0 Å². The quantitative estimate of drug-likeness (QED) is 0.454. The lowest BCUT2D eigenvalue weighted by Gasteiger charge is -2.07. The summed E-state index contributed by atoms with van der Waals surface area (Å²) in [5.41, 5.74) is -0.0941. The first-order valence-electron chi connectivity index (χ1n) is 6.87. The van der Waals surface area contributed by atoms with Gasteiger partial charge in [-0.05, 0) is 31.2 Å². The van der Waals surface area contributed by atoms with Crippen LogP contribution in [0.25, 0.3) is 11.0 Å². The normalized spacial score (nSPS) is 10.2. The first-order valence-corrected chi connectivity index (χ1v) is 6.87. The highest BCUT2D eigenvalue weighted by Crippen LogP contribution is 2.08. The molecule has 0 aliphatic heterocycles. The molecule has 2 rings (SSSR count). The van der Waals surface area contributed by atoms with Crippen molar-refractivity contribution in [2.24, 2.45) is 0 Å². The van der Waals surface area contributed by atoms with Crippen LogP contribution in [-0.4, -0.2) is 35.5 Å². The molecule has 0 saturated heterocycles. The summed E-state index contributed by atoms with van der Waals surface area (Å²) in [6.07, 6.45) is 1.05.